The number of likely N-dealkylation sites (tertiary alicyclic amines) is 1. The molecule has 1 aliphatic heterocycles. The fraction of sp³-hybridized carbons (Fsp3) is 0.520. The summed E-state index contributed by atoms with van der Waals surface area (Å²) in [5.41, 5.74) is 4.73. The predicted molar refractivity (Wildman–Crippen MR) is 129 cm³/mol. The highest BCUT2D eigenvalue weighted by molar-refractivity contribution is 5.92. The van der Waals surface area contributed by atoms with Crippen LogP contribution in [0.1, 0.15) is 49.8 Å². The first-order valence-corrected chi connectivity index (χ1v) is 11.9. The van der Waals surface area contributed by atoms with E-state index in [0.717, 1.165) is 53.3 Å². The number of hydrogen-bond donors (Lipinski definition) is 1. The number of carbonyl (C=O) groups excluding carboxylic acids is 2. The third kappa shape index (κ3) is 4.94. The third-order valence-electron chi connectivity index (χ3n) is 6.83. The van der Waals surface area contributed by atoms with E-state index in [1.807, 2.05) is 61.7 Å². The lowest BCUT2D eigenvalue weighted by atomic mass is 9.93. The van der Waals surface area contributed by atoms with Gasteiger partial charge in [-0.05, 0) is 51.7 Å². The molecule has 0 atom stereocenters. The zero-order chi connectivity index (χ0) is 23.5. The van der Waals surface area contributed by atoms with E-state index in [9.17, 15) is 9.59 Å². The van der Waals surface area contributed by atoms with Gasteiger partial charge in [0, 0.05) is 45.9 Å². The molecule has 8 heteroatoms. The Morgan fingerprint density at radius 3 is 2.55 bits per heavy atom. The number of carbonyl (C=O) groups is 2. The number of hydrogen-bond acceptors (Lipinski definition) is 4. The summed E-state index contributed by atoms with van der Waals surface area (Å²) in [6.07, 6.45) is 3.30. The summed E-state index contributed by atoms with van der Waals surface area (Å²) >= 11 is 0. The summed E-state index contributed by atoms with van der Waals surface area (Å²) in [6, 6.07) is 8.03. The molecule has 0 unspecified atom stereocenters. The van der Waals surface area contributed by atoms with Crippen LogP contribution in [0.25, 0.3) is 11.0 Å². The average molecular weight is 451 g/mol. The Bertz CT molecular complexity index is 1150. The standard InChI is InChI=1S/C25H34N6O2/c1-5-31-18(3)25(17(2)28-31)27-23(32)16-19-12-14-30(15-13-19)24(33)11-10-22-26-20-8-6-7-9-21(20)29(22)4/h6-9,19H,5,10-16H2,1-4H3,(H,27,32). The van der Waals surface area contributed by atoms with Gasteiger partial charge in [-0.3, -0.25) is 14.3 Å². The highest BCUT2D eigenvalue weighted by Crippen LogP contribution is 2.24. The lowest BCUT2D eigenvalue weighted by molar-refractivity contribution is -0.132. The quantitative estimate of drug-likeness (QED) is 0.596. The summed E-state index contributed by atoms with van der Waals surface area (Å²) in [5.74, 6) is 1.44. The van der Waals surface area contributed by atoms with E-state index in [1.54, 1.807) is 0 Å². The van der Waals surface area contributed by atoms with Crippen molar-refractivity contribution in [1.82, 2.24) is 24.2 Å². The maximum atomic E-state index is 12.8. The van der Waals surface area contributed by atoms with Gasteiger partial charge in [0.05, 0.1) is 28.1 Å². The molecule has 2 amide bonds. The predicted octanol–water partition coefficient (Wildman–Crippen LogP) is 3.61. The van der Waals surface area contributed by atoms with Crippen LogP contribution in [0.3, 0.4) is 0 Å². The second-order valence-electron chi connectivity index (χ2n) is 9.01. The fourth-order valence-corrected chi connectivity index (χ4v) is 4.82. The molecule has 1 fully saturated rings. The highest BCUT2D eigenvalue weighted by atomic mass is 16.2. The topological polar surface area (TPSA) is 85.1 Å². The summed E-state index contributed by atoms with van der Waals surface area (Å²) in [4.78, 5) is 32.0. The number of amides is 2. The zero-order valence-electron chi connectivity index (χ0n) is 20.1. The molecule has 8 nitrogen and oxygen atoms in total. The molecule has 0 spiro atoms. The molecule has 0 radical (unpaired) electrons. The van der Waals surface area contributed by atoms with E-state index >= 15 is 0 Å². The smallest absolute Gasteiger partial charge is 0.224 e. The molecule has 2 aromatic heterocycles. The zero-order valence-corrected chi connectivity index (χ0v) is 20.1. The fourth-order valence-electron chi connectivity index (χ4n) is 4.82. The van der Waals surface area contributed by atoms with Gasteiger partial charge in [0.1, 0.15) is 5.82 Å². The van der Waals surface area contributed by atoms with E-state index in [-0.39, 0.29) is 11.8 Å². The minimum atomic E-state index is 0.0310. The van der Waals surface area contributed by atoms with Crippen molar-refractivity contribution in [3.63, 3.8) is 0 Å². The highest BCUT2D eigenvalue weighted by Gasteiger charge is 2.25. The van der Waals surface area contributed by atoms with Gasteiger partial charge in [0.2, 0.25) is 11.8 Å². The van der Waals surface area contributed by atoms with Gasteiger partial charge in [-0.15, -0.1) is 0 Å². The number of piperidine rings is 1. The van der Waals surface area contributed by atoms with Crippen LogP contribution in [-0.2, 0) is 29.6 Å². The number of imidazole rings is 1. The first-order chi connectivity index (χ1) is 15.9. The van der Waals surface area contributed by atoms with E-state index in [2.05, 4.69) is 20.0 Å². The molecule has 3 heterocycles. The van der Waals surface area contributed by atoms with Crippen molar-refractivity contribution in [3.8, 4) is 0 Å². The molecule has 3 aromatic rings. The van der Waals surface area contributed by atoms with Crippen molar-refractivity contribution in [3.05, 3.63) is 41.5 Å². The Kier molecular flexibility index (Phi) is 6.81. The van der Waals surface area contributed by atoms with Crippen LogP contribution in [-0.4, -0.2) is 49.1 Å². The van der Waals surface area contributed by atoms with Crippen molar-refractivity contribution in [1.29, 1.82) is 0 Å². The van der Waals surface area contributed by atoms with Crippen molar-refractivity contribution in [2.75, 3.05) is 18.4 Å². The van der Waals surface area contributed by atoms with Crippen LogP contribution in [0.5, 0.6) is 0 Å². The van der Waals surface area contributed by atoms with E-state index < -0.39 is 0 Å². The van der Waals surface area contributed by atoms with Gasteiger partial charge < -0.3 is 14.8 Å². The number of para-hydroxylation sites is 2. The van der Waals surface area contributed by atoms with Crippen LogP contribution < -0.4 is 5.32 Å². The van der Waals surface area contributed by atoms with Crippen LogP contribution in [0.2, 0.25) is 0 Å². The largest absolute Gasteiger partial charge is 0.343 e. The van der Waals surface area contributed by atoms with Crippen LogP contribution in [0.15, 0.2) is 24.3 Å². The second kappa shape index (κ2) is 9.77. The first-order valence-electron chi connectivity index (χ1n) is 11.9. The maximum absolute atomic E-state index is 12.8. The van der Waals surface area contributed by atoms with Crippen molar-refractivity contribution >= 4 is 28.5 Å². The number of rotatable bonds is 7. The van der Waals surface area contributed by atoms with Crippen molar-refractivity contribution in [2.45, 2.75) is 59.4 Å². The van der Waals surface area contributed by atoms with Crippen LogP contribution >= 0.6 is 0 Å². The molecule has 1 saturated heterocycles. The van der Waals surface area contributed by atoms with Gasteiger partial charge in [0.15, 0.2) is 0 Å². The molecule has 1 aromatic carbocycles. The molecule has 33 heavy (non-hydrogen) atoms. The number of benzene rings is 1. The number of nitrogens with zero attached hydrogens (tertiary/aromatic N) is 5. The monoisotopic (exact) mass is 450 g/mol. The maximum Gasteiger partial charge on any atom is 0.224 e. The lowest BCUT2D eigenvalue weighted by Crippen LogP contribution is -2.39. The number of aromatic nitrogens is 4. The van der Waals surface area contributed by atoms with E-state index in [1.165, 1.54) is 0 Å². The first kappa shape index (κ1) is 23.0. The average Bonchev–Trinajstić information content (AvgIpc) is 3.28. The number of fused-ring (bicyclic) bond motifs is 1. The number of aryl methyl sites for hydroxylation is 4. The lowest BCUT2D eigenvalue weighted by Gasteiger charge is -2.31. The molecule has 1 aliphatic rings. The third-order valence-corrected chi connectivity index (χ3v) is 6.83. The van der Waals surface area contributed by atoms with Gasteiger partial charge in [-0.1, -0.05) is 12.1 Å². The molecule has 176 valence electrons. The Balaban J connectivity index is 1.24. The summed E-state index contributed by atoms with van der Waals surface area (Å²) in [5, 5.41) is 7.52. The molecular weight excluding hydrogens is 416 g/mol. The molecule has 1 N–H and O–H groups in total. The SMILES string of the molecule is CCn1nc(C)c(NC(=O)CC2CCN(C(=O)CCc3nc4ccccc4n3C)CC2)c1C. The van der Waals surface area contributed by atoms with E-state index in [4.69, 9.17) is 0 Å². The van der Waals surface area contributed by atoms with Gasteiger partial charge >= 0.3 is 0 Å². The van der Waals surface area contributed by atoms with Gasteiger partial charge in [-0.2, -0.15) is 5.10 Å². The molecule has 0 saturated carbocycles. The Labute approximate surface area is 195 Å². The van der Waals surface area contributed by atoms with Gasteiger partial charge in [-0.25, -0.2) is 4.98 Å². The second-order valence-corrected chi connectivity index (χ2v) is 9.01. The normalized spacial score (nSPS) is 14.7. The minimum absolute atomic E-state index is 0.0310. The van der Waals surface area contributed by atoms with Crippen molar-refractivity contribution < 1.29 is 9.59 Å². The van der Waals surface area contributed by atoms with Crippen LogP contribution in [0.4, 0.5) is 5.69 Å². The van der Waals surface area contributed by atoms with E-state index in [0.29, 0.717) is 38.3 Å². The minimum Gasteiger partial charge on any atom is -0.343 e. The number of nitrogens with one attached hydrogen (secondary N) is 1. The van der Waals surface area contributed by atoms with Gasteiger partial charge in [0.25, 0.3) is 0 Å². The Morgan fingerprint density at radius 1 is 1.15 bits per heavy atom. The summed E-state index contributed by atoms with van der Waals surface area (Å²) in [6.45, 7) is 8.16. The van der Waals surface area contributed by atoms with Crippen molar-refractivity contribution in [2.24, 2.45) is 13.0 Å². The molecule has 0 aliphatic carbocycles. The molecular formula is C25H34N6O2. The van der Waals surface area contributed by atoms with Crippen LogP contribution in [0, 0.1) is 19.8 Å². The molecule has 4 rings (SSSR count). The number of anilines is 1. The summed E-state index contributed by atoms with van der Waals surface area (Å²) < 4.78 is 3.98. The Hall–Kier alpha value is -3.16. The molecule has 0 bridgehead atoms. The summed E-state index contributed by atoms with van der Waals surface area (Å²) in [7, 11) is 2.00. The Morgan fingerprint density at radius 2 is 1.88 bits per heavy atom.